The fourth-order valence-corrected chi connectivity index (χ4v) is 4.72. The molecule has 0 atom stereocenters. The molecule has 4 heterocycles. The van der Waals surface area contributed by atoms with E-state index in [-0.39, 0.29) is 16.9 Å². The van der Waals surface area contributed by atoms with E-state index in [0.717, 1.165) is 5.56 Å². The zero-order chi connectivity index (χ0) is 24.6. The summed E-state index contributed by atoms with van der Waals surface area (Å²) in [5, 5.41) is 5.07. The summed E-state index contributed by atoms with van der Waals surface area (Å²) in [6.07, 6.45) is 7.12. The number of sulfone groups is 1. The van der Waals surface area contributed by atoms with Gasteiger partial charge in [-0.25, -0.2) is 23.1 Å². The van der Waals surface area contributed by atoms with Crippen LogP contribution in [0.5, 0.6) is 5.88 Å². The van der Waals surface area contributed by atoms with Gasteiger partial charge in [-0.2, -0.15) is 5.10 Å². The summed E-state index contributed by atoms with van der Waals surface area (Å²) >= 11 is 0. The molecule has 0 radical (unpaired) electrons. The van der Waals surface area contributed by atoms with Crippen molar-refractivity contribution in [1.82, 2.24) is 29.6 Å². The van der Waals surface area contributed by atoms with E-state index in [1.54, 1.807) is 40.2 Å². The number of piperidine rings is 1. The van der Waals surface area contributed by atoms with Gasteiger partial charge in [0.1, 0.15) is 23.5 Å². The molecule has 1 fully saturated rings. The first-order chi connectivity index (χ1) is 16.8. The van der Waals surface area contributed by atoms with Crippen LogP contribution in [0.1, 0.15) is 28.9 Å². The monoisotopic (exact) mass is 492 g/mol. The van der Waals surface area contributed by atoms with Gasteiger partial charge in [0.2, 0.25) is 5.88 Å². The molecule has 1 aliphatic rings. The normalized spacial score (nSPS) is 14.9. The summed E-state index contributed by atoms with van der Waals surface area (Å²) in [5.74, 6) is 0.360. The quantitative estimate of drug-likeness (QED) is 0.417. The molecule has 0 spiro atoms. The van der Waals surface area contributed by atoms with Crippen molar-refractivity contribution in [3.63, 3.8) is 0 Å². The maximum atomic E-state index is 12.8. The number of hydrogen-bond donors (Lipinski definition) is 0. The van der Waals surface area contributed by atoms with Crippen molar-refractivity contribution in [2.75, 3.05) is 19.3 Å². The van der Waals surface area contributed by atoms with Crippen molar-refractivity contribution in [2.45, 2.75) is 30.8 Å². The second kappa shape index (κ2) is 9.06. The van der Waals surface area contributed by atoms with Gasteiger partial charge in [-0.1, -0.05) is 0 Å². The third-order valence-electron chi connectivity index (χ3n) is 5.98. The number of ether oxygens (including phenoxy) is 1. The van der Waals surface area contributed by atoms with Crippen LogP contribution in [0.15, 0.2) is 60.0 Å². The topological polar surface area (TPSA) is 120 Å². The Labute approximate surface area is 202 Å². The number of aromatic nitrogens is 5. The average molecular weight is 493 g/mol. The number of aryl methyl sites for hydroxylation is 1. The molecule has 4 aromatic rings. The Kier molecular flexibility index (Phi) is 5.93. The van der Waals surface area contributed by atoms with E-state index in [9.17, 15) is 13.2 Å². The molecular formula is C24H24N6O4S. The largest absolute Gasteiger partial charge is 0.474 e. The van der Waals surface area contributed by atoms with E-state index in [1.165, 1.54) is 24.7 Å². The van der Waals surface area contributed by atoms with Gasteiger partial charge >= 0.3 is 0 Å². The van der Waals surface area contributed by atoms with Crippen molar-refractivity contribution in [3.05, 3.63) is 66.4 Å². The van der Waals surface area contributed by atoms with Crippen LogP contribution in [0.25, 0.3) is 16.7 Å². The molecule has 1 amide bonds. The number of amides is 1. The summed E-state index contributed by atoms with van der Waals surface area (Å²) < 4.78 is 31.3. The number of carbonyl (C=O) groups excluding carboxylic acids is 1. The smallest absolute Gasteiger partial charge is 0.272 e. The van der Waals surface area contributed by atoms with Crippen LogP contribution in [-0.4, -0.2) is 69.4 Å². The first kappa shape index (κ1) is 22.9. The van der Waals surface area contributed by atoms with Crippen LogP contribution in [0.2, 0.25) is 0 Å². The van der Waals surface area contributed by atoms with Crippen molar-refractivity contribution < 1.29 is 17.9 Å². The van der Waals surface area contributed by atoms with Crippen LogP contribution >= 0.6 is 0 Å². The molecule has 0 saturated carbocycles. The summed E-state index contributed by atoms with van der Waals surface area (Å²) in [4.78, 5) is 27.7. The molecule has 0 N–H and O–H groups in total. The van der Waals surface area contributed by atoms with Gasteiger partial charge in [-0.05, 0) is 48.9 Å². The van der Waals surface area contributed by atoms with Gasteiger partial charge in [-0.15, -0.1) is 0 Å². The highest BCUT2D eigenvalue weighted by Gasteiger charge is 2.26. The SMILES string of the molecule is Cc1ccnc(C(=O)N2CCC(Oc3ncnc4c3cnn4-c3ccc(S(C)(=O)=O)cc3)CC2)c1. The van der Waals surface area contributed by atoms with Crippen LogP contribution in [0, 0.1) is 6.92 Å². The lowest BCUT2D eigenvalue weighted by Gasteiger charge is -2.31. The van der Waals surface area contributed by atoms with Gasteiger partial charge in [0, 0.05) is 38.4 Å². The minimum Gasteiger partial charge on any atom is -0.474 e. The Morgan fingerprint density at radius 3 is 2.49 bits per heavy atom. The van der Waals surface area contributed by atoms with E-state index in [1.807, 2.05) is 13.0 Å². The van der Waals surface area contributed by atoms with Gasteiger partial charge in [0.15, 0.2) is 15.5 Å². The Balaban J connectivity index is 1.29. The summed E-state index contributed by atoms with van der Waals surface area (Å²) in [6.45, 7) is 3.08. The number of likely N-dealkylation sites (tertiary alicyclic amines) is 1. The number of nitrogens with zero attached hydrogens (tertiary/aromatic N) is 6. The van der Waals surface area contributed by atoms with Crippen LogP contribution < -0.4 is 4.74 Å². The highest BCUT2D eigenvalue weighted by Crippen LogP contribution is 2.27. The van der Waals surface area contributed by atoms with Crippen LogP contribution in [0.3, 0.4) is 0 Å². The predicted molar refractivity (Wildman–Crippen MR) is 128 cm³/mol. The number of pyridine rings is 1. The number of hydrogen-bond acceptors (Lipinski definition) is 8. The third-order valence-corrected chi connectivity index (χ3v) is 7.11. The summed E-state index contributed by atoms with van der Waals surface area (Å²) in [5.41, 5.74) is 2.69. The fraction of sp³-hybridized carbons (Fsp3) is 0.292. The standard InChI is InChI=1S/C24H24N6O4S/c1-16-7-10-25-21(13-16)24(31)29-11-8-18(9-12-29)34-23-20-14-28-30(22(20)26-15-27-23)17-3-5-19(6-4-17)35(2,32)33/h3-7,10,13-15,18H,8-9,11-12H2,1-2H3. The predicted octanol–water partition coefficient (Wildman–Crippen LogP) is 2.61. The minimum absolute atomic E-state index is 0.0697. The van der Waals surface area contributed by atoms with E-state index < -0.39 is 9.84 Å². The van der Waals surface area contributed by atoms with Crippen molar-refractivity contribution in [3.8, 4) is 11.6 Å². The lowest BCUT2D eigenvalue weighted by atomic mass is 10.1. The Hall–Kier alpha value is -3.86. The highest BCUT2D eigenvalue weighted by molar-refractivity contribution is 7.90. The average Bonchev–Trinajstić information content (AvgIpc) is 3.29. The molecule has 180 valence electrons. The first-order valence-corrected chi connectivity index (χ1v) is 13.1. The van der Waals surface area contributed by atoms with Gasteiger partial charge in [-0.3, -0.25) is 9.78 Å². The molecular weight excluding hydrogens is 468 g/mol. The molecule has 0 aliphatic carbocycles. The highest BCUT2D eigenvalue weighted by atomic mass is 32.2. The Bertz CT molecular complexity index is 1490. The number of carbonyl (C=O) groups is 1. The second-order valence-corrected chi connectivity index (χ2v) is 10.6. The number of fused-ring (bicyclic) bond motifs is 1. The molecule has 1 aromatic carbocycles. The maximum absolute atomic E-state index is 12.8. The van der Waals surface area contributed by atoms with Crippen molar-refractivity contribution in [1.29, 1.82) is 0 Å². The molecule has 11 heteroatoms. The lowest BCUT2D eigenvalue weighted by molar-refractivity contribution is 0.0585. The van der Waals surface area contributed by atoms with Gasteiger partial charge < -0.3 is 9.64 Å². The first-order valence-electron chi connectivity index (χ1n) is 11.2. The van der Waals surface area contributed by atoms with E-state index in [0.29, 0.717) is 54.2 Å². The summed E-state index contributed by atoms with van der Waals surface area (Å²) in [6, 6.07) is 10.1. The van der Waals surface area contributed by atoms with E-state index in [2.05, 4.69) is 20.1 Å². The molecule has 0 bridgehead atoms. The van der Waals surface area contributed by atoms with Crippen molar-refractivity contribution in [2.24, 2.45) is 0 Å². The van der Waals surface area contributed by atoms with E-state index in [4.69, 9.17) is 4.74 Å². The van der Waals surface area contributed by atoms with Gasteiger partial charge in [0.05, 0.1) is 16.8 Å². The third kappa shape index (κ3) is 4.72. The minimum atomic E-state index is -3.28. The number of rotatable bonds is 5. The second-order valence-electron chi connectivity index (χ2n) is 8.57. The lowest BCUT2D eigenvalue weighted by Crippen LogP contribution is -2.42. The molecule has 35 heavy (non-hydrogen) atoms. The molecule has 0 unspecified atom stereocenters. The molecule has 10 nitrogen and oxygen atoms in total. The Morgan fingerprint density at radius 1 is 1.06 bits per heavy atom. The molecule has 1 aliphatic heterocycles. The molecule has 5 rings (SSSR count). The van der Waals surface area contributed by atoms with Crippen LogP contribution in [-0.2, 0) is 9.84 Å². The molecule has 1 saturated heterocycles. The fourth-order valence-electron chi connectivity index (χ4n) is 4.09. The van der Waals surface area contributed by atoms with E-state index >= 15 is 0 Å². The molecule has 3 aromatic heterocycles. The Morgan fingerprint density at radius 2 is 1.80 bits per heavy atom. The zero-order valence-corrected chi connectivity index (χ0v) is 20.1. The maximum Gasteiger partial charge on any atom is 0.272 e. The van der Waals surface area contributed by atoms with Gasteiger partial charge in [0.25, 0.3) is 5.91 Å². The zero-order valence-electron chi connectivity index (χ0n) is 19.3. The van der Waals surface area contributed by atoms with Crippen LogP contribution in [0.4, 0.5) is 0 Å². The van der Waals surface area contributed by atoms with Crippen molar-refractivity contribution >= 4 is 26.8 Å². The summed E-state index contributed by atoms with van der Waals surface area (Å²) in [7, 11) is -3.28. The number of benzene rings is 1.